The SMILES string of the molecule is COCC1(CNC(=O)CCc2ccnc3ccccc23)CCNCC1.Cl.Cl. The van der Waals surface area contributed by atoms with Gasteiger partial charge < -0.3 is 15.4 Å². The van der Waals surface area contributed by atoms with Crippen LogP contribution in [0.2, 0.25) is 0 Å². The first-order valence-corrected chi connectivity index (χ1v) is 9.01. The zero-order valence-electron chi connectivity index (χ0n) is 15.7. The quantitative estimate of drug-likeness (QED) is 0.731. The first-order valence-electron chi connectivity index (χ1n) is 9.01. The number of piperidine rings is 1. The van der Waals surface area contributed by atoms with Gasteiger partial charge in [-0.05, 0) is 50.0 Å². The molecule has 0 saturated carbocycles. The van der Waals surface area contributed by atoms with Gasteiger partial charge in [0.25, 0.3) is 0 Å². The van der Waals surface area contributed by atoms with Crippen molar-refractivity contribution in [2.24, 2.45) is 5.41 Å². The highest BCUT2D eigenvalue weighted by Gasteiger charge is 2.32. The lowest BCUT2D eigenvalue weighted by molar-refractivity contribution is -0.122. The van der Waals surface area contributed by atoms with Crippen LogP contribution in [0.15, 0.2) is 36.5 Å². The smallest absolute Gasteiger partial charge is 0.220 e. The van der Waals surface area contributed by atoms with Crippen molar-refractivity contribution in [2.75, 3.05) is 33.4 Å². The second-order valence-electron chi connectivity index (χ2n) is 6.95. The summed E-state index contributed by atoms with van der Waals surface area (Å²) in [5, 5.41) is 7.64. The fourth-order valence-corrected chi connectivity index (χ4v) is 3.63. The van der Waals surface area contributed by atoms with E-state index in [2.05, 4.69) is 21.7 Å². The third kappa shape index (κ3) is 6.32. The minimum atomic E-state index is 0. The molecule has 1 saturated heterocycles. The van der Waals surface area contributed by atoms with Crippen molar-refractivity contribution in [3.8, 4) is 0 Å². The van der Waals surface area contributed by atoms with Crippen LogP contribution >= 0.6 is 24.8 Å². The van der Waals surface area contributed by atoms with Crippen molar-refractivity contribution in [3.05, 3.63) is 42.1 Å². The van der Waals surface area contributed by atoms with Crippen molar-refractivity contribution in [1.82, 2.24) is 15.6 Å². The van der Waals surface area contributed by atoms with Crippen LogP contribution in [-0.2, 0) is 16.0 Å². The van der Waals surface area contributed by atoms with Crippen molar-refractivity contribution >= 4 is 41.6 Å². The highest BCUT2D eigenvalue weighted by Crippen LogP contribution is 2.28. The summed E-state index contributed by atoms with van der Waals surface area (Å²) >= 11 is 0. The Labute approximate surface area is 173 Å². The number of para-hydroxylation sites is 1. The molecule has 1 aliphatic rings. The van der Waals surface area contributed by atoms with Gasteiger partial charge in [-0.3, -0.25) is 9.78 Å². The average Bonchev–Trinajstić information content (AvgIpc) is 2.66. The number of hydrogen-bond donors (Lipinski definition) is 2. The third-order valence-corrected chi connectivity index (χ3v) is 5.14. The summed E-state index contributed by atoms with van der Waals surface area (Å²) in [4.78, 5) is 16.7. The molecule has 2 heterocycles. The summed E-state index contributed by atoms with van der Waals surface area (Å²) in [6, 6.07) is 10.1. The number of pyridine rings is 1. The van der Waals surface area contributed by atoms with Crippen LogP contribution in [0.1, 0.15) is 24.8 Å². The first-order chi connectivity index (χ1) is 12.2. The van der Waals surface area contributed by atoms with Gasteiger partial charge in [-0.2, -0.15) is 0 Å². The highest BCUT2D eigenvalue weighted by atomic mass is 35.5. The van der Waals surface area contributed by atoms with Crippen molar-refractivity contribution in [1.29, 1.82) is 0 Å². The molecule has 0 atom stereocenters. The van der Waals surface area contributed by atoms with E-state index in [-0.39, 0.29) is 36.1 Å². The molecule has 150 valence electrons. The number of hydrogen-bond acceptors (Lipinski definition) is 4. The number of amides is 1. The number of carbonyl (C=O) groups is 1. The van der Waals surface area contributed by atoms with Crippen LogP contribution in [-0.4, -0.2) is 44.2 Å². The number of ether oxygens (including phenoxy) is 1. The topological polar surface area (TPSA) is 63.2 Å². The van der Waals surface area contributed by atoms with Gasteiger partial charge in [-0.25, -0.2) is 0 Å². The number of carbonyl (C=O) groups excluding carboxylic acids is 1. The van der Waals surface area contributed by atoms with Crippen LogP contribution in [0.3, 0.4) is 0 Å². The predicted octanol–water partition coefficient (Wildman–Crippen LogP) is 3.14. The summed E-state index contributed by atoms with van der Waals surface area (Å²) in [6.07, 6.45) is 5.12. The molecule has 0 spiro atoms. The standard InChI is InChI=1S/C20H27N3O2.2ClH/c1-25-15-20(9-12-21-13-10-20)14-23-19(24)7-6-16-8-11-22-18-5-3-2-4-17(16)18;;/h2-5,8,11,21H,6-7,9-10,12-15H2,1H3,(H,23,24);2*1H. The Morgan fingerprint density at radius 2 is 1.96 bits per heavy atom. The molecule has 1 fully saturated rings. The number of aromatic nitrogens is 1. The van der Waals surface area contributed by atoms with Gasteiger partial charge in [0.2, 0.25) is 5.91 Å². The monoisotopic (exact) mass is 413 g/mol. The molecule has 0 unspecified atom stereocenters. The van der Waals surface area contributed by atoms with Gasteiger partial charge in [-0.15, -0.1) is 24.8 Å². The fraction of sp³-hybridized carbons (Fsp3) is 0.500. The lowest BCUT2D eigenvalue weighted by Gasteiger charge is -2.37. The third-order valence-electron chi connectivity index (χ3n) is 5.14. The van der Waals surface area contributed by atoms with Gasteiger partial charge in [-0.1, -0.05) is 18.2 Å². The second kappa shape index (κ2) is 11.4. The number of benzene rings is 1. The number of methoxy groups -OCH3 is 1. The molecule has 2 aromatic rings. The van der Waals surface area contributed by atoms with Gasteiger partial charge in [0.15, 0.2) is 0 Å². The maximum absolute atomic E-state index is 12.4. The normalized spacial score (nSPS) is 15.4. The number of halogens is 2. The molecule has 1 amide bonds. The molecule has 0 aliphatic carbocycles. The van der Waals surface area contributed by atoms with Crippen molar-refractivity contribution in [2.45, 2.75) is 25.7 Å². The predicted molar refractivity (Wildman–Crippen MR) is 114 cm³/mol. The molecule has 1 aliphatic heterocycles. The van der Waals surface area contributed by atoms with Crippen molar-refractivity contribution in [3.63, 3.8) is 0 Å². The molecule has 7 heteroatoms. The Kier molecular flexibility index (Phi) is 10.0. The molecule has 1 aromatic carbocycles. The van der Waals surface area contributed by atoms with E-state index in [4.69, 9.17) is 4.74 Å². The van der Waals surface area contributed by atoms with Crippen LogP contribution in [0.4, 0.5) is 0 Å². The Morgan fingerprint density at radius 3 is 2.70 bits per heavy atom. The average molecular weight is 414 g/mol. The van der Waals surface area contributed by atoms with E-state index in [1.807, 2.05) is 30.5 Å². The van der Waals surface area contributed by atoms with Crippen LogP contribution in [0.25, 0.3) is 10.9 Å². The lowest BCUT2D eigenvalue weighted by atomic mass is 9.79. The maximum atomic E-state index is 12.4. The van der Waals surface area contributed by atoms with Gasteiger partial charge >= 0.3 is 0 Å². The molecule has 0 bridgehead atoms. The summed E-state index contributed by atoms with van der Waals surface area (Å²) in [6.45, 7) is 3.37. The zero-order valence-corrected chi connectivity index (χ0v) is 17.3. The molecule has 27 heavy (non-hydrogen) atoms. The van der Waals surface area contributed by atoms with E-state index >= 15 is 0 Å². The summed E-state index contributed by atoms with van der Waals surface area (Å²) in [5.74, 6) is 0.106. The van der Waals surface area contributed by atoms with Crippen LogP contribution < -0.4 is 10.6 Å². The van der Waals surface area contributed by atoms with Crippen LogP contribution in [0, 0.1) is 5.41 Å². The van der Waals surface area contributed by atoms with Gasteiger partial charge in [0.05, 0.1) is 12.1 Å². The van der Waals surface area contributed by atoms with E-state index in [0.717, 1.165) is 43.3 Å². The molecule has 5 nitrogen and oxygen atoms in total. The fourth-order valence-electron chi connectivity index (χ4n) is 3.63. The Bertz CT molecular complexity index is 710. The first kappa shape index (κ1) is 23.6. The minimum absolute atomic E-state index is 0. The Morgan fingerprint density at radius 1 is 1.22 bits per heavy atom. The summed E-state index contributed by atoms with van der Waals surface area (Å²) in [7, 11) is 1.74. The second-order valence-corrected chi connectivity index (χ2v) is 6.95. The van der Waals surface area contributed by atoms with E-state index in [1.165, 1.54) is 5.56 Å². The van der Waals surface area contributed by atoms with E-state index < -0.39 is 0 Å². The number of rotatable bonds is 7. The molecular formula is C20H29Cl2N3O2. The lowest BCUT2D eigenvalue weighted by Crippen LogP contribution is -2.47. The van der Waals surface area contributed by atoms with Gasteiger partial charge in [0, 0.05) is 37.1 Å². The molecule has 3 rings (SSSR count). The Balaban J connectivity index is 0.00000182. The summed E-state index contributed by atoms with van der Waals surface area (Å²) < 4.78 is 5.41. The minimum Gasteiger partial charge on any atom is -0.384 e. The number of aryl methyl sites for hydroxylation is 1. The molecular weight excluding hydrogens is 385 g/mol. The maximum Gasteiger partial charge on any atom is 0.220 e. The molecule has 0 radical (unpaired) electrons. The van der Waals surface area contributed by atoms with E-state index in [1.54, 1.807) is 7.11 Å². The van der Waals surface area contributed by atoms with Gasteiger partial charge in [0.1, 0.15) is 0 Å². The number of fused-ring (bicyclic) bond motifs is 1. The molecule has 1 aromatic heterocycles. The largest absolute Gasteiger partial charge is 0.384 e. The summed E-state index contributed by atoms with van der Waals surface area (Å²) in [5.41, 5.74) is 2.22. The molecule has 2 N–H and O–H groups in total. The number of nitrogens with one attached hydrogen (secondary N) is 2. The zero-order chi connectivity index (χ0) is 17.5. The van der Waals surface area contributed by atoms with Crippen LogP contribution in [0.5, 0.6) is 0 Å². The number of nitrogens with zero attached hydrogens (tertiary/aromatic N) is 1. The Hall–Kier alpha value is -1.40. The van der Waals surface area contributed by atoms with E-state index in [0.29, 0.717) is 19.6 Å². The highest BCUT2D eigenvalue weighted by molar-refractivity contribution is 5.85. The van der Waals surface area contributed by atoms with Crippen molar-refractivity contribution < 1.29 is 9.53 Å². The van der Waals surface area contributed by atoms with E-state index in [9.17, 15) is 4.79 Å².